The smallest absolute Gasteiger partial charge is 0.255 e. The third-order valence-electron chi connectivity index (χ3n) is 4.19. The number of carbonyl (C=O) groups is 2. The van der Waals surface area contributed by atoms with Crippen molar-refractivity contribution >= 4 is 35.6 Å². The molecule has 2 aromatic rings. The summed E-state index contributed by atoms with van der Waals surface area (Å²) in [5, 5.41) is 8.52. The number of hydrogen-bond acceptors (Lipinski definition) is 3. The van der Waals surface area contributed by atoms with Gasteiger partial charge in [-0.1, -0.05) is 19.1 Å². The molecule has 5 nitrogen and oxygen atoms in total. The first-order chi connectivity index (χ1) is 12.1. The van der Waals surface area contributed by atoms with Crippen molar-refractivity contribution in [3.63, 3.8) is 0 Å². The Bertz CT molecular complexity index is 826. The zero-order valence-corrected chi connectivity index (χ0v) is 15.2. The minimum atomic E-state index is -0.416. The number of hydrogen-bond donors (Lipinski definition) is 3. The fourth-order valence-corrected chi connectivity index (χ4v) is 2.81. The van der Waals surface area contributed by atoms with E-state index in [1.807, 2.05) is 6.07 Å². The molecular formula is C19H21ClFN3O2. The normalized spacial score (nSPS) is 12.5. The zero-order chi connectivity index (χ0) is 17.8. The summed E-state index contributed by atoms with van der Waals surface area (Å²) in [5.74, 6) is -0.921. The SMILES string of the molecule is CCC(=O)Nc1cccc(C(=O)Nc2ccc3c(c2F)CCNC3)c1.Cl. The largest absolute Gasteiger partial charge is 0.326 e. The number of amides is 2. The van der Waals surface area contributed by atoms with E-state index in [1.165, 1.54) is 0 Å². The van der Waals surface area contributed by atoms with Crippen molar-refractivity contribution in [2.75, 3.05) is 17.2 Å². The van der Waals surface area contributed by atoms with Gasteiger partial charge in [0.1, 0.15) is 5.82 Å². The quantitative estimate of drug-likeness (QED) is 0.763. The summed E-state index contributed by atoms with van der Waals surface area (Å²) in [6, 6.07) is 9.99. The topological polar surface area (TPSA) is 70.2 Å². The number of carbonyl (C=O) groups excluding carboxylic acids is 2. The zero-order valence-electron chi connectivity index (χ0n) is 14.4. The first kappa shape index (κ1) is 19.9. The van der Waals surface area contributed by atoms with Gasteiger partial charge in [0.2, 0.25) is 5.91 Å². The molecule has 3 N–H and O–H groups in total. The Hall–Kier alpha value is -2.44. The molecule has 0 aromatic heterocycles. The van der Waals surface area contributed by atoms with Crippen molar-refractivity contribution in [3.8, 4) is 0 Å². The molecule has 0 atom stereocenters. The standard InChI is InChI=1S/C19H20FN3O2.ClH/c1-2-17(24)22-14-5-3-4-12(10-14)19(25)23-16-7-6-13-11-21-9-8-15(13)18(16)20;/h3-7,10,21H,2,8-9,11H2,1H3,(H,22,24)(H,23,25);1H. The van der Waals surface area contributed by atoms with E-state index in [4.69, 9.17) is 0 Å². The molecule has 3 rings (SSSR count). The van der Waals surface area contributed by atoms with Gasteiger partial charge in [-0.05, 0) is 48.4 Å². The molecule has 7 heteroatoms. The van der Waals surface area contributed by atoms with E-state index in [0.717, 1.165) is 12.1 Å². The van der Waals surface area contributed by atoms with Crippen molar-refractivity contribution in [3.05, 3.63) is 58.9 Å². The summed E-state index contributed by atoms with van der Waals surface area (Å²) in [6.45, 7) is 3.11. The van der Waals surface area contributed by atoms with Crippen LogP contribution in [-0.2, 0) is 17.8 Å². The number of halogens is 2. The van der Waals surface area contributed by atoms with E-state index < -0.39 is 5.91 Å². The van der Waals surface area contributed by atoms with Crippen LogP contribution in [0.4, 0.5) is 15.8 Å². The fourth-order valence-electron chi connectivity index (χ4n) is 2.81. The monoisotopic (exact) mass is 377 g/mol. The van der Waals surface area contributed by atoms with Crippen molar-refractivity contribution < 1.29 is 14.0 Å². The molecule has 0 radical (unpaired) electrons. The summed E-state index contributed by atoms with van der Waals surface area (Å²) < 4.78 is 14.6. The van der Waals surface area contributed by atoms with Gasteiger partial charge in [0.25, 0.3) is 5.91 Å². The van der Waals surface area contributed by atoms with Gasteiger partial charge >= 0.3 is 0 Å². The van der Waals surface area contributed by atoms with E-state index in [-0.39, 0.29) is 29.8 Å². The summed E-state index contributed by atoms with van der Waals surface area (Å²) in [5.41, 5.74) is 2.64. The Morgan fingerprint density at radius 2 is 2.00 bits per heavy atom. The number of anilines is 2. The lowest BCUT2D eigenvalue weighted by atomic mass is 9.99. The van der Waals surface area contributed by atoms with E-state index in [1.54, 1.807) is 37.3 Å². The van der Waals surface area contributed by atoms with Crippen LogP contribution >= 0.6 is 12.4 Å². The molecular weight excluding hydrogens is 357 g/mol. The third kappa shape index (κ3) is 4.39. The molecule has 0 spiro atoms. The Labute approximate surface area is 157 Å². The Balaban J connectivity index is 0.00000243. The first-order valence-corrected chi connectivity index (χ1v) is 8.30. The number of benzene rings is 2. The van der Waals surface area contributed by atoms with Crippen LogP contribution in [0.5, 0.6) is 0 Å². The number of nitrogens with one attached hydrogen (secondary N) is 3. The van der Waals surface area contributed by atoms with Crippen LogP contribution in [0.25, 0.3) is 0 Å². The van der Waals surface area contributed by atoms with Gasteiger partial charge in [-0.3, -0.25) is 9.59 Å². The number of rotatable bonds is 4. The average Bonchev–Trinajstić information content (AvgIpc) is 2.64. The highest BCUT2D eigenvalue weighted by Crippen LogP contribution is 2.25. The number of fused-ring (bicyclic) bond motifs is 1. The van der Waals surface area contributed by atoms with Crippen LogP contribution in [0.2, 0.25) is 0 Å². The summed E-state index contributed by atoms with van der Waals surface area (Å²) in [6.07, 6.45) is 0.953. The highest BCUT2D eigenvalue weighted by atomic mass is 35.5. The molecule has 1 aliphatic rings. The molecule has 0 aliphatic carbocycles. The average molecular weight is 378 g/mol. The second-order valence-electron chi connectivity index (χ2n) is 5.93. The van der Waals surface area contributed by atoms with Crippen LogP contribution in [0.15, 0.2) is 36.4 Å². The van der Waals surface area contributed by atoms with Crippen LogP contribution in [0.1, 0.15) is 34.8 Å². The van der Waals surface area contributed by atoms with Gasteiger partial charge in [-0.15, -0.1) is 12.4 Å². The van der Waals surface area contributed by atoms with Crippen molar-refractivity contribution in [2.24, 2.45) is 0 Å². The van der Waals surface area contributed by atoms with Gasteiger partial charge in [0.05, 0.1) is 5.69 Å². The predicted molar refractivity (Wildman–Crippen MR) is 102 cm³/mol. The molecule has 2 aromatic carbocycles. The lowest BCUT2D eigenvalue weighted by Gasteiger charge is -2.19. The van der Waals surface area contributed by atoms with Crippen molar-refractivity contribution in [2.45, 2.75) is 26.3 Å². The molecule has 0 unspecified atom stereocenters. The predicted octanol–water partition coefficient (Wildman–Crippen LogP) is 3.49. The molecule has 0 fully saturated rings. The Morgan fingerprint density at radius 3 is 2.77 bits per heavy atom. The van der Waals surface area contributed by atoms with Gasteiger partial charge in [0, 0.05) is 24.2 Å². The summed E-state index contributed by atoms with van der Waals surface area (Å²) in [4.78, 5) is 23.9. The maximum Gasteiger partial charge on any atom is 0.255 e. The highest BCUT2D eigenvalue weighted by molar-refractivity contribution is 6.05. The van der Waals surface area contributed by atoms with Gasteiger partial charge in [-0.2, -0.15) is 0 Å². The third-order valence-corrected chi connectivity index (χ3v) is 4.19. The van der Waals surface area contributed by atoms with E-state index in [2.05, 4.69) is 16.0 Å². The second kappa shape index (κ2) is 8.78. The maximum absolute atomic E-state index is 14.6. The van der Waals surface area contributed by atoms with Gasteiger partial charge < -0.3 is 16.0 Å². The second-order valence-corrected chi connectivity index (χ2v) is 5.93. The molecule has 1 aliphatic heterocycles. The van der Waals surface area contributed by atoms with E-state index >= 15 is 0 Å². The minimum absolute atomic E-state index is 0. The Morgan fingerprint density at radius 1 is 1.19 bits per heavy atom. The van der Waals surface area contributed by atoms with Crippen LogP contribution in [-0.4, -0.2) is 18.4 Å². The molecule has 0 saturated heterocycles. The molecule has 2 amide bonds. The highest BCUT2D eigenvalue weighted by Gasteiger charge is 2.18. The van der Waals surface area contributed by atoms with Crippen molar-refractivity contribution in [1.82, 2.24) is 5.32 Å². The summed E-state index contributed by atoms with van der Waals surface area (Å²) >= 11 is 0. The van der Waals surface area contributed by atoms with Gasteiger partial charge in [0.15, 0.2) is 0 Å². The lowest BCUT2D eigenvalue weighted by Crippen LogP contribution is -2.25. The summed E-state index contributed by atoms with van der Waals surface area (Å²) in [7, 11) is 0. The fraction of sp³-hybridized carbons (Fsp3) is 0.263. The van der Waals surface area contributed by atoms with Crippen LogP contribution in [0, 0.1) is 5.82 Å². The van der Waals surface area contributed by atoms with E-state index in [9.17, 15) is 14.0 Å². The minimum Gasteiger partial charge on any atom is -0.326 e. The maximum atomic E-state index is 14.6. The first-order valence-electron chi connectivity index (χ1n) is 8.30. The van der Waals surface area contributed by atoms with Crippen molar-refractivity contribution in [1.29, 1.82) is 0 Å². The van der Waals surface area contributed by atoms with Crippen LogP contribution < -0.4 is 16.0 Å². The molecule has 0 bridgehead atoms. The Kier molecular flexibility index (Phi) is 6.71. The van der Waals surface area contributed by atoms with Gasteiger partial charge in [-0.25, -0.2) is 4.39 Å². The molecule has 26 heavy (non-hydrogen) atoms. The molecule has 138 valence electrons. The molecule has 1 heterocycles. The van der Waals surface area contributed by atoms with Crippen LogP contribution in [0.3, 0.4) is 0 Å². The lowest BCUT2D eigenvalue weighted by molar-refractivity contribution is -0.115. The molecule has 0 saturated carbocycles. The van der Waals surface area contributed by atoms with E-state index in [0.29, 0.717) is 36.2 Å².